The Labute approximate surface area is 249 Å². The Morgan fingerprint density at radius 2 is 1.84 bits per heavy atom. The Morgan fingerprint density at radius 3 is 2.45 bits per heavy atom. The first kappa shape index (κ1) is 31.8. The van der Waals surface area contributed by atoms with Gasteiger partial charge in [0.15, 0.2) is 11.3 Å². The molecule has 0 saturated heterocycles. The van der Waals surface area contributed by atoms with Crippen molar-refractivity contribution in [2.24, 2.45) is 5.92 Å². The van der Waals surface area contributed by atoms with E-state index in [0.717, 1.165) is 26.7 Å². The van der Waals surface area contributed by atoms with Gasteiger partial charge in [0.05, 0.1) is 17.6 Å². The summed E-state index contributed by atoms with van der Waals surface area (Å²) in [5.74, 6) is -3.88. The molecular formula is C29H35F5N6O4. The number of benzene rings is 1. The van der Waals surface area contributed by atoms with Crippen molar-refractivity contribution < 1.29 is 40.9 Å². The summed E-state index contributed by atoms with van der Waals surface area (Å²) in [5.41, 5.74) is -0.522. The lowest BCUT2D eigenvalue weighted by molar-refractivity contribution is -0.265. The van der Waals surface area contributed by atoms with Crippen LogP contribution in [-0.2, 0) is 16.1 Å². The lowest BCUT2D eigenvalue weighted by Gasteiger charge is -2.34. The zero-order valence-corrected chi connectivity index (χ0v) is 24.4. The number of carbonyl (C=O) groups excluding carboxylic acids is 2. The molecule has 1 aromatic carbocycles. The van der Waals surface area contributed by atoms with Crippen LogP contribution in [0.5, 0.6) is 0 Å². The molecule has 44 heavy (non-hydrogen) atoms. The Balaban J connectivity index is 0.00000121. The van der Waals surface area contributed by atoms with Crippen LogP contribution in [0.1, 0.15) is 105 Å². The molecule has 10 nitrogen and oxygen atoms in total. The number of amides is 2. The smallest absolute Gasteiger partial charge is 0.364 e. The third kappa shape index (κ3) is 8.10. The number of fused-ring (bicyclic) bond motifs is 1. The number of aromatic nitrogens is 4. The van der Waals surface area contributed by atoms with Crippen LogP contribution < -0.4 is 10.6 Å². The Morgan fingerprint density at radius 1 is 1.14 bits per heavy atom. The van der Waals surface area contributed by atoms with Gasteiger partial charge in [-0.3, -0.25) is 9.59 Å². The van der Waals surface area contributed by atoms with Gasteiger partial charge in [-0.15, -0.1) is 0 Å². The van der Waals surface area contributed by atoms with Crippen molar-refractivity contribution in [2.45, 2.75) is 101 Å². The highest BCUT2D eigenvalue weighted by molar-refractivity contribution is 5.93. The summed E-state index contributed by atoms with van der Waals surface area (Å²) in [7, 11) is 0. The van der Waals surface area contributed by atoms with Crippen LogP contribution >= 0.6 is 0 Å². The summed E-state index contributed by atoms with van der Waals surface area (Å²) in [6.07, 6.45) is 0.919. The zero-order valence-electron chi connectivity index (χ0n) is 24.4. The standard InChI is InChI=1S/C26H29F5N6O4.C3H6/c1-24(2,26(29,30)31)40-12-18(35-23(39)21-20(15-4-5-15)36-41-37-21)22-33-16-6-3-13(7-17(16)34-22)11-32-19(38)8-14-9-25(27,28)10-14;1-2-3-1/h3,6-7,14-15,18H,4-5,8-12H2,1-2H3,(H,32,38)(H,33,34)(H,35,39);1-3H2. The summed E-state index contributed by atoms with van der Waals surface area (Å²) in [6.45, 7) is 1.34. The fourth-order valence-electron chi connectivity index (χ4n) is 4.58. The molecule has 0 aliphatic heterocycles. The molecule has 2 aromatic heterocycles. The van der Waals surface area contributed by atoms with Gasteiger partial charge in [-0.25, -0.2) is 18.4 Å². The first-order valence-electron chi connectivity index (χ1n) is 14.7. The van der Waals surface area contributed by atoms with Gasteiger partial charge in [0.25, 0.3) is 5.91 Å². The van der Waals surface area contributed by atoms with E-state index in [1.807, 2.05) is 0 Å². The van der Waals surface area contributed by atoms with Gasteiger partial charge in [0.1, 0.15) is 17.6 Å². The highest BCUT2D eigenvalue weighted by atomic mass is 19.4. The van der Waals surface area contributed by atoms with Crippen LogP contribution in [0, 0.1) is 5.92 Å². The average Bonchev–Trinajstić information content (AvgIpc) is 3.88. The van der Waals surface area contributed by atoms with Gasteiger partial charge in [-0.05, 0) is 55.5 Å². The Bertz CT molecular complexity index is 1470. The second-order valence-electron chi connectivity index (χ2n) is 12.3. The predicted octanol–water partition coefficient (Wildman–Crippen LogP) is 5.87. The number of hydrogen-bond donors (Lipinski definition) is 3. The fourth-order valence-corrected chi connectivity index (χ4v) is 4.58. The molecule has 3 aliphatic carbocycles. The van der Waals surface area contributed by atoms with Gasteiger partial charge in [-0.2, -0.15) is 13.2 Å². The molecule has 3 aliphatic rings. The number of alkyl halides is 5. The summed E-state index contributed by atoms with van der Waals surface area (Å²) in [4.78, 5) is 32.7. The molecule has 0 radical (unpaired) electrons. The number of carbonyl (C=O) groups is 2. The molecular weight excluding hydrogens is 591 g/mol. The third-order valence-corrected chi connectivity index (χ3v) is 7.68. The first-order chi connectivity index (χ1) is 20.7. The van der Waals surface area contributed by atoms with Crippen molar-refractivity contribution >= 4 is 22.8 Å². The maximum absolute atomic E-state index is 13.5. The molecule has 3 N–H and O–H groups in total. The summed E-state index contributed by atoms with van der Waals surface area (Å²) in [6, 6.07) is 3.92. The van der Waals surface area contributed by atoms with E-state index in [1.54, 1.807) is 18.2 Å². The number of imidazole rings is 1. The molecule has 6 rings (SSSR count). The number of halogens is 5. The number of nitrogens with one attached hydrogen (secondary N) is 3. The lowest BCUT2D eigenvalue weighted by atomic mass is 9.79. The second-order valence-corrected chi connectivity index (χ2v) is 12.3. The van der Waals surface area contributed by atoms with E-state index in [9.17, 15) is 31.5 Å². The number of nitrogens with zero attached hydrogens (tertiary/aromatic N) is 3. The average molecular weight is 627 g/mol. The van der Waals surface area contributed by atoms with Crippen molar-refractivity contribution in [1.82, 2.24) is 30.9 Å². The molecule has 1 unspecified atom stereocenters. The number of rotatable bonds is 11. The van der Waals surface area contributed by atoms with E-state index < -0.39 is 36.3 Å². The zero-order chi connectivity index (χ0) is 31.7. The number of H-pyrrole nitrogens is 1. The molecule has 1 atom stereocenters. The molecule has 240 valence electrons. The van der Waals surface area contributed by atoms with Crippen molar-refractivity contribution in [3.8, 4) is 0 Å². The summed E-state index contributed by atoms with van der Waals surface area (Å²) in [5, 5.41) is 12.8. The minimum atomic E-state index is -4.66. The first-order valence-corrected chi connectivity index (χ1v) is 14.7. The van der Waals surface area contributed by atoms with Crippen LogP contribution in [0.2, 0.25) is 0 Å². The number of ether oxygens (including phenoxy) is 1. The van der Waals surface area contributed by atoms with Crippen LogP contribution in [0.25, 0.3) is 11.0 Å². The largest absolute Gasteiger partial charge is 0.416 e. The van der Waals surface area contributed by atoms with E-state index in [4.69, 9.17) is 9.37 Å². The van der Waals surface area contributed by atoms with Crippen LogP contribution in [-0.4, -0.2) is 56.4 Å². The second kappa shape index (κ2) is 12.4. The molecule has 2 amide bonds. The Hall–Kier alpha value is -3.62. The van der Waals surface area contributed by atoms with E-state index in [2.05, 4.69) is 30.9 Å². The van der Waals surface area contributed by atoms with Gasteiger partial charge < -0.3 is 20.4 Å². The topological polar surface area (TPSA) is 135 Å². The highest BCUT2D eigenvalue weighted by Gasteiger charge is 2.49. The lowest BCUT2D eigenvalue weighted by Crippen LogP contribution is -2.44. The summed E-state index contributed by atoms with van der Waals surface area (Å²) < 4.78 is 76.3. The minimum Gasteiger partial charge on any atom is -0.364 e. The molecule has 3 fully saturated rings. The predicted molar refractivity (Wildman–Crippen MR) is 147 cm³/mol. The molecule has 3 saturated carbocycles. The van der Waals surface area contributed by atoms with Crippen molar-refractivity contribution in [1.29, 1.82) is 0 Å². The van der Waals surface area contributed by atoms with Gasteiger partial charge in [-0.1, -0.05) is 30.5 Å². The number of aromatic amines is 1. The Kier molecular flexibility index (Phi) is 8.96. The summed E-state index contributed by atoms with van der Waals surface area (Å²) >= 11 is 0. The van der Waals surface area contributed by atoms with Crippen molar-refractivity contribution in [2.75, 3.05) is 6.61 Å². The van der Waals surface area contributed by atoms with E-state index in [0.29, 0.717) is 22.3 Å². The SMILES string of the molecule is C1CC1.CC(C)(OCC(NC(=O)c1nonc1C1CC1)c1nc2ccc(CNC(=O)CC3CC(F)(F)C3)cc2[nH]1)C(F)(F)F. The van der Waals surface area contributed by atoms with Crippen molar-refractivity contribution in [3.63, 3.8) is 0 Å². The third-order valence-electron chi connectivity index (χ3n) is 7.68. The van der Waals surface area contributed by atoms with Crippen LogP contribution in [0.15, 0.2) is 22.8 Å². The highest BCUT2D eigenvalue weighted by Crippen LogP contribution is 2.44. The maximum Gasteiger partial charge on any atom is 0.416 e. The fraction of sp³-hybridized carbons (Fsp3) is 0.621. The van der Waals surface area contributed by atoms with Crippen LogP contribution in [0.3, 0.4) is 0 Å². The van der Waals surface area contributed by atoms with Gasteiger partial charge >= 0.3 is 6.18 Å². The quantitative estimate of drug-likeness (QED) is 0.227. The molecule has 3 aromatic rings. The van der Waals surface area contributed by atoms with Gasteiger partial charge in [0.2, 0.25) is 11.8 Å². The minimum absolute atomic E-state index is 0.0190. The molecule has 15 heteroatoms. The van der Waals surface area contributed by atoms with Crippen LogP contribution in [0.4, 0.5) is 22.0 Å². The molecule has 2 heterocycles. The van der Waals surface area contributed by atoms with E-state index in [1.165, 1.54) is 19.3 Å². The molecule has 0 spiro atoms. The van der Waals surface area contributed by atoms with E-state index in [-0.39, 0.29) is 55.1 Å². The van der Waals surface area contributed by atoms with E-state index >= 15 is 0 Å². The number of hydrogen-bond acceptors (Lipinski definition) is 7. The van der Waals surface area contributed by atoms with Crippen molar-refractivity contribution in [3.05, 3.63) is 41.0 Å². The maximum atomic E-state index is 13.5. The molecule has 0 bridgehead atoms. The monoisotopic (exact) mass is 626 g/mol. The van der Waals surface area contributed by atoms with Gasteiger partial charge in [0, 0.05) is 31.7 Å². The normalized spacial score (nSPS) is 18.6.